The first-order valence-electron chi connectivity index (χ1n) is 3.45. The van der Waals surface area contributed by atoms with E-state index < -0.39 is 0 Å². The maximum atomic E-state index is 5.13. The van der Waals surface area contributed by atoms with Crippen molar-refractivity contribution >= 4 is 27.3 Å². The molecule has 0 radical (unpaired) electrons. The molecule has 12 heavy (non-hydrogen) atoms. The minimum atomic E-state index is 0.738. The van der Waals surface area contributed by atoms with Crippen LogP contribution in [-0.4, -0.2) is 5.16 Å². The van der Waals surface area contributed by atoms with Crippen molar-refractivity contribution in [3.63, 3.8) is 0 Å². The molecule has 0 spiro atoms. The molecular formula is C8H6BrNOS. The topological polar surface area (TPSA) is 26.0 Å². The third-order valence-electron chi connectivity index (χ3n) is 1.46. The summed E-state index contributed by atoms with van der Waals surface area (Å²) >= 11 is 4.97. The Labute approximate surface area is 82.3 Å². The van der Waals surface area contributed by atoms with E-state index >= 15 is 0 Å². The van der Waals surface area contributed by atoms with Crippen LogP contribution in [-0.2, 0) is 5.33 Å². The first-order chi connectivity index (χ1) is 5.90. The third kappa shape index (κ3) is 1.44. The number of aromatic nitrogens is 1. The highest BCUT2D eigenvalue weighted by Gasteiger charge is 2.05. The Balaban J connectivity index is 2.35. The maximum absolute atomic E-state index is 5.13. The molecule has 0 aliphatic heterocycles. The van der Waals surface area contributed by atoms with Crippen molar-refractivity contribution in [2.24, 2.45) is 0 Å². The Morgan fingerprint density at radius 3 is 3.08 bits per heavy atom. The van der Waals surface area contributed by atoms with E-state index in [2.05, 4.69) is 21.1 Å². The van der Waals surface area contributed by atoms with Gasteiger partial charge in [-0.05, 0) is 11.4 Å². The summed E-state index contributed by atoms with van der Waals surface area (Å²) in [5.74, 6) is 0.847. The molecule has 2 nitrogen and oxygen atoms in total. The Hall–Kier alpha value is -0.610. The number of halogens is 1. The van der Waals surface area contributed by atoms with Gasteiger partial charge >= 0.3 is 0 Å². The monoisotopic (exact) mass is 243 g/mol. The van der Waals surface area contributed by atoms with Gasteiger partial charge in [0.1, 0.15) is 0 Å². The quantitative estimate of drug-likeness (QED) is 0.757. The van der Waals surface area contributed by atoms with E-state index in [1.54, 1.807) is 11.3 Å². The molecule has 0 fully saturated rings. The second-order valence-corrected chi connectivity index (χ2v) is 3.80. The summed E-state index contributed by atoms with van der Waals surface area (Å²) in [5.41, 5.74) is 0.929. The molecule has 0 saturated carbocycles. The van der Waals surface area contributed by atoms with Crippen molar-refractivity contribution in [2.45, 2.75) is 5.33 Å². The summed E-state index contributed by atoms with van der Waals surface area (Å²) in [5, 5.41) is 6.63. The summed E-state index contributed by atoms with van der Waals surface area (Å²) in [6, 6.07) is 5.96. The predicted octanol–water partition coefficient (Wildman–Crippen LogP) is 3.30. The van der Waals surface area contributed by atoms with E-state index in [-0.39, 0.29) is 0 Å². The van der Waals surface area contributed by atoms with Crippen molar-refractivity contribution in [3.05, 3.63) is 29.3 Å². The van der Waals surface area contributed by atoms with E-state index in [4.69, 9.17) is 4.52 Å². The Kier molecular flexibility index (Phi) is 2.28. The van der Waals surface area contributed by atoms with Gasteiger partial charge in [0.25, 0.3) is 0 Å². The fourth-order valence-electron chi connectivity index (χ4n) is 0.910. The van der Waals surface area contributed by atoms with Crippen LogP contribution in [0.3, 0.4) is 0 Å². The lowest BCUT2D eigenvalue weighted by Crippen LogP contribution is -1.70. The van der Waals surface area contributed by atoms with Gasteiger partial charge in [-0.3, -0.25) is 0 Å². The van der Waals surface area contributed by atoms with E-state index in [0.717, 1.165) is 21.7 Å². The summed E-state index contributed by atoms with van der Waals surface area (Å²) in [7, 11) is 0. The van der Waals surface area contributed by atoms with Gasteiger partial charge in [-0.15, -0.1) is 11.3 Å². The zero-order chi connectivity index (χ0) is 8.39. The molecule has 2 aromatic rings. The van der Waals surface area contributed by atoms with Crippen molar-refractivity contribution in [3.8, 4) is 10.6 Å². The summed E-state index contributed by atoms with van der Waals surface area (Å²) in [6.07, 6.45) is 0. The van der Waals surface area contributed by atoms with Gasteiger partial charge in [0, 0.05) is 11.4 Å². The highest BCUT2D eigenvalue weighted by atomic mass is 79.9. The number of alkyl halides is 1. The van der Waals surface area contributed by atoms with Crippen molar-refractivity contribution in [1.82, 2.24) is 5.16 Å². The van der Waals surface area contributed by atoms with E-state index in [0.29, 0.717) is 0 Å². The van der Waals surface area contributed by atoms with Gasteiger partial charge in [-0.25, -0.2) is 0 Å². The Morgan fingerprint density at radius 2 is 2.50 bits per heavy atom. The molecule has 0 aromatic carbocycles. The van der Waals surface area contributed by atoms with Gasteiger partial charge in [-0.2, -0.15) is 0 Å². The normalized spacial score (nSPS) is 10.4. The maximum Gasteiger partial charge on any atom is 0.177 e. The minimum Gasteiger partial charge on any atom is -0.355 e. The molecule has 2 aromatic heterocycles. The number of hydrogen-bond acceptors (Lipinski definition) is 3. The predicted molar refractivity (Wildman–Crippen MR) is 52.4 cm³/mol. The van der Waals surface area contributed by atoms with Gasteiger partial charge < -0.3 is 4.52 Å². The van der Waals surface area contributed by atoms with Crippen molar-refractivity contribution in [1.29, 1.82) is 0 Å². The van der Waals surface area contributed by atoms with Crippen LogP contribution in [0.5, 0.6) is 0 Å². The molecule has 0 aliphatic rings. The minimum absolute atomic E-state index is 0.738. The second-order valence-electron chi connectivity index (χ2n) is 2.29. The molecule has 0 saturated heterocycles. The second kappa shape index (κ2) is 3.41. The first kappa shape index (κ1) is 8.01. The lowest BCUT2D eigenvalue weighted by molar-refractivity contribution is 0.427. The highest BCUT2D eigenvalue weighted by Crippen LogP contribution is 2.25. The average molecular weight is 244 g/mol. The van der Waals surface area contributed by atoms with Crippen LogP contribution < -0.4 is 0 Å². The van der Waals surface area contributed by atoms with Gasteiger partial charge in [0.05, 0.1) is 10.6 Å². The molecule has 0 N–H and O–H groups in total. The highest BCUT2D eigenvalue weighted by molar-refractivity contribution is 9.08. The van der Waals surface area contributed by atoms with E-state index in [1.807, 2.05) is 23.6 Å². The van der Waals surface area contributed by atoms with Gasteiger partial charge in [-0.1, -0.05) is 27.2 Å². The van der Waals surface area contributed by atoms with Crippen LogP contribution in [0, 0.1) is 0 Å². The summed E-state index contributed by atoms with van der Waals surface area (Å²) in [4.78, 5) is 1.12. The Bertz CT molecular complexity index is 355. The number of nitrogens with zero attached hydrogens (tertiary/aromatic N) is 1. The number of thiophene rings is 1. The van der Waals surface area contributed by atoms with E-state index in [9.17, 15) is 0 Å². The molecule has 62 valence electrons. The first-order valence-corrected chi connectivity index (χ1v) is 5.45. The fourth-order valence-corrected chi connectivity index (χ4v) is 1.85. The lowest BCUT2D eigenvalue weighted by atomic mass is 10.3. The van der Waals surface area contributed by atoms with Crippen molar-refractivity contribution in [2.75, 3.05) is 0 Å². The SMILES string of the molecule is BrCc1cc(-c2cccs2)on1. The van der Waals surface area contributed by atoms with Crippen LogP contribution in [0.15, 0.2) is 28.1 Å². The average Bonchev–Trinajstić information content (AvgIpc) is 2.75. The zero-order valence-electron chi connectivity index (χ0n) is 6.16. The zero-order valence-corrected chi connectivity index (χ0v) is 8.56. The molecule has 0 aliphatic carbocycles. The van der Waals surface area contributed by atoms with Crippen molar-refractivity contribution < 1.29 is 4.52 Å². The van der Waals surface area contributed by atoms with Crippen LogP contribution >= 0.6 is 27.3 Å². The smallest absolute Gasteiger partial charge is 0.177 e. The molecule has 0 unspecified atom stereocenters. The Morgan fingerprint density at radius 1 is 1.58 bits per heavy atom. The molecule has 0 amide bonds. The fraction of sp³-hybridized carbons (Fsp3) is 0.125. The largest absolute Gasteiger partial charge is 0.355 e. The molecule has 4 heteroatoms. The van der Waals surface area contributed by atoms with Crippen LogP contribution in [0.4, 0.5) is 0 Å². The summed E-state index contributed by atoms with van der Waals surface area (Å²) < 4.78 is 5.13. The lowest BCUT2D eigenvalue weighted by Gasteiger charge is -1.82. The standard InChI is InChI=1S/C8H6BrNOS/c9-5-6-4-7(11-10-6)8-2-1-3-12-8/h1-4H,5H2. The van der Waals surface area contributed by atoms with E-state index in [1.165, 1.54) is 0 Å². The van der Waals surface area contributed by atoms with Crippen LogP contribution in [0.1, 0.15) is 5.69 Å². The van der Waals surface area contributed by atoms with Gasteiger partial charge in [0.15, 0.2) is 5.76 Å². The molecule has 2 rings (SSSR count). The third-order valence-corrected chi connectivity index (χ3v) is 2.92. The molecular weight excluding hydrogens is 238 g/mol. The summed E-state index contributed by atoms with van der Waals surface area (Å²) in [6.45, 7) is 0. The molecule has 0 atom stereocenters. The van der Waals surface area contributed by atoms with Gasteiger partial charge in [0.2, 0.25) is 0 Å². The van der Waals surface area contributed by atoms with Crippen LogP contribution in [0.25, 0.3) is 10.6 Å². The number of hydrogen-bond donors (Lipinski definition) is 0. The number of rotatable bonds is 2. The van der Waals surface area contributed by atoms with Crippen LogP contribution in [0.2, 0.25) is 0 Å². The molecule has 0 bridgehead atoms. The molecule has 2 heterocycles.